The molecule has 6 aromatic rings. The first-order valence-electron chi connectivity index (χ1n) is 19.1. The molecule has 0 aromatic heterocycles. The molecule has 0 radical (unpaired) electrons. The van der Waals surface area contributed by atoms with Crippen molar-refractivity contribution in [3.63, 3.8) is 0 Å². The van der Waals surface area contributed by atoms with Gasteiger partial charge in [-0.2, -0.15) is 0 Å². The average Bonchev–Trinajstić information content (AvgIpc) is 3.26. The molecule has 4 N–H and O–H groups in total. The Morgan fingerprint density at radius 2 is 0.483 bits per heavy atom. The minimum Gasteiger partial charge on any atom is -0.388 e. The van der Waals surface area contributed by atoms with E-state index in [1.165, 1.54) is 5.56 Å². The third-order valence-corrected chi connectivity index (χ3v) is 9.29. The van der Waals surface area contributed by atoms with Gasteiger partial charge >= 0.3 is 0 Å². The number of aryl methyl sites for hydroxylation is 1. The van der Waals surface area contributed by atoms with Crippen LogP contribution in [-0.2, 0) is 0 Å². The van der Waals surface area contributed by atoms with Crippen molar-refractivity contribution < 1.29 is 0 Å². The molecule has 0 amide bonds. The molecule has 6 aromatic carbocycles. The van der Waals surface area contributed by atoms with E-state index in [2.05, 4.69) is 81.7 Å². The lowest BCUT2D eigenvalue weighted by molar-refractivity contribution is 1.45. The van der Waals surface area contributed by atoms with Crippen molar-refractivity contribution in [3.8, 4) is 0 Å². The fraction of sp³-hybridized carbons (Fsp3) is 0.0400. The number of anilines is 7. The van der Waals surface area contributed by atoms with Crippen LogP contribution in [0.3, 0.4) is 0 Å². The average molecular weight is 755 g/mol. The van der Waals surface area contributed by atoms with Crippen molar-refractivity contribution >= 4 is 85.4 Å². The fourth-order valence-corrected chi connectivity index (χ4v) is 6.13. The van der Waals surface area contributed by atoms with Crippen LogP contribution in [0.1, 0.15) is 5.56 Å². The second-order valence-corrected chi connectivity index (χ2v) is 13.7. The van der Waals surface area contributed by atoms with Gasteiger partial charge in [0.1, 0.15) is 0 Å². The topological polar surface area (TPSA) is 97.6 Å². The van der Waals surface area contributed by atoms with Crippen molar-refractivity contribution in [1.29, 1.82) is 0 Å². The number of rotatable bonds is 11. The molecule has 0 bridgehead atoms. The van der Waals surface area contributed by atoms with E-state index in [4.69, 9.17) is 15.0 Å². The van der Waals surface area contributed by atoms with Crippen LogP contribution in [0.15, 0.2) is 214 Å². The van der Waals surface area contributed by atoms with Crippen LogP contribution in [0.5, 0.6) is 0 Å². The van der Waals surface area contributed by atoms with Crippen LogP contribution in [0.2, 0.25) is 0 Å². The molecule has 0 aliphatic heterocycles. The quantitative estimate of drug-likeness (QED) is 0.0990. The number of allylic oxidation sites excluding steroid dienone is 8. The summed E-state index contributed by atoms with van der Waals surface area (Å²) in [6.45, 7) is 2.09. The molecule has 58 heavy (non-hydrogen) atoms. The van der Waals surface area contributed by atoms with Crippen LogP contribution in [0.4, 0.5) is 62.6 Å². The summed E-state index contributed by atoms with van der Waals surface area (Å²) in [7, 11) is 1.90. The molecule has 2 aliphatic carbocycles. The highest BCUT2D eigenvalue weighted by Gasteiger charge is 2.05. The van der Waals surface area contributed by atoms with Gasteiger partial charge in [-0.1, -0.05) is 17.7 Å². The van der Waals surface area contributed by atoms with E-state index >= 15 is 0 Å². The summed E-state index contributed by atoms with van der Waals surface area (Å²) < 4.78 is 0. The minimum absolute atomic E-state index is 0.870. The molecule has 2 aliphatic rings. The van der Waals surface area contributed by atoms with Crippen LogP contribution in [-0.4, -0.2) is 29.9 Å². The Hall–Kier alpha value is -7.84. The van der Waals surface area contributed by atoms with Crippen LogP contribution >= 0.6 is 0 Å². The number of aliphatic imine (C=N–C) groups is 4. The van der Waals surface area contributed by atoms with Crippen molar-refractivity contribution in [2.45, 2.75) is 6.92 Å². The molecule has 0 atom stereocenters. The predicted octanol–water partition coefficient (Wildman–Crippen LogP) is 13.2. The SMILES string of the molecule is CNc1ccc(N=C2C=CC(=Nc3ccc(Nc4ccc(Nc5ccc(N=C6C=CC(=Nc7ccc(Nc8ccc(C)cc8)cc7)C=C6)cc5)cc4)cc3)C=C2)cc1. The highest BCUT2D eigenvalue weighted by Crippen LogP contribution is 2.26. The zero-order valence-electron chi connectivity index (χ0n) is 32.3. The lowest BCUT2D eigenvalue weighted by atomic mass is 10.1. The molecule has 8 nitrogen and oxygen atoms in total. The number of nitrogens with one attached hydrogen (secondary N) is 4. The number of hydrogen-bond donors (Lipinski definition) is 4. The Morgan fingerprint density at radius 1 is 0.276 bits per heavy atom. The maximum atomic E-state index is 4.80. The largest absolute Gasteiger partial charge is 0.388 e. The Labute approximate surface area is 339 Å². The standard InChI is InChI=1S/C50H42N8/c1-35-3-5-37(6-4-35)52-39-11-13-41(14-12-39)54-43-19-21-45(22-20-43)56-47-27-29-49(30-28-47)58-50-33-31-48(32-34-50)57-46-25-23-44(24-26-46)55-42-17-15-40(16-18-42)53-38-9-7-36(51-2)8-10-38/h3-34,51-52,57-58H,1-2H3. The van der Waals surface area contributed by atoms with Gasteiger partial charge in [0.25, 0.3) is 0 Å². The summed E-state index contributed by atoms with van der Waals surface area (Å²) in [5, 5.41) is 13.5. The molecule has 8 heteroatoms. The molecule has 0 saturated carbocycles. The smallest absolute Gasteiger partial charge is 0.0638 e. The van der Waals surface area contributed by atoms with E-state index in [0.29, 0.717) is 0 Å². The van der Waals surface area contributed by atoms with Crippen LogP contribution < -0.4 is 21.3 Å². The van der Waals surface area contributed by atoms with Gasteiger partial charge in [-0.3, -0.25) is 0 Å². The second-order valence-electron chi connectivity index (χ2n) is 13.7. The Morgan fingerprint density at radius 3 is 0.724 bits per heavy atom. The second kappa shape index (κ2) is 17.7. The first kappa shape index (κ1) is 37.1. The normalized spacial score (nSPS) is 12.9. The lowest BCUT2D eigenvalue weighted by Gasteiger charge is -2.10. The number of nitrogens with zero attached hydrogens (tertiary/aromatic N) is 4. The Balaban J connectivity index is 0.798. The monoisotopic (exact) mass is 754 g/mol. The molecule has 0 fully saturated rings. The lowest BCUT2D eigenvalue weighted by Crippen LogP contribution is -1.99. The van der Waals surface area contributed by atoms with Crippen molar-refractivity contribution in [2.75, 3.05) is 28.3 Å². The zero-order chi connectivity index (χ0) is 39.5. The highest BCUT2D eigenvalue weighted by molar-refractivity contribution is 6.20. The van der Waals surface area contributed by atoms with E-state index in [-0.39, 0.29) is 0 Å². The molecular formula is C50H42N8. The first-order chi connectivity index (χ1) is 28.5. The van der Waals surface area contributed by atoms with E-state index < -0.39 is 0 Å². The molecule has 0 heterocycles. The van der Waals surface area contributed by atoms with E-state index in [0.717, 1.165) is 85.4 Å². The summed E-state index contributed by atoms with van der Waals surface area (Å²) in [4.78, 5) is 19.0. The van der Waals surface area contributed by atoms with Gasteiger partial charge in [0.2, 0.25) is 0 Å². The van der Waals surface area contributed by atoms with Crippen LogP contribution in [0.25, 0.3) is 0 Å². The minimum atomic E-state index is 0.870. The molecule has 8 rings (SSSR count). The van der Waals surface area contributed by atoms with Gasteiger partial charge in [0, 0.05) is 46.9 Å². The number of hydrogen-bond acceptors (Lipinski definition) is 8. The molecular weight excluding hydrogens is 713 g/mol. The van der Waals surface area contributed by atoms with Crippen molar-refractivity contribution in [1.82, 2.24) is 0 Å². The summed E-state index contributed by atoms with van der Waals surface area (Å²) in [6, 6.07) is 48.9. The number of benzene rings is 6. The highest BCUT2D eigenvalue weighted by atomic mass is 14.9. The fourth-order valence-electron chi connectivity index (χ4n) is 6.13. The van der Waals surface area contributed by atoms with E-state index in [1.54, 1.807) is 0 Å². The third kappa shape index (κ3) is 10.3. The molecule has 0 spiro atoms. The predicted molar refractivity (Wildman–Crippen MR) is 248 cm³/mol. The van der Waals surface area contributed by atoms with Crippen LogP contribution in [0, 0.1) is 6.92 Å². The summed E-state index contributed by atoms with van der Waals surface area (Å²) in [6.07, 6.45) is 15.9. The van der Waals surface area contributed by atoms with Gasteiger partial charge in [-0.25, -0.2) is 20.0 Å². The Kier molecular flexibility index (Phi) is 11.4. The third-order valence-electron chi connectivity index (χ3n) is 9.29. The summed E-state index contributed by atoms with van der Waals surface area (Å²) in [5.74, 6) is 0. The maximum absolute atomic E-state index is 4.80. The summed E-state index contributed by atoms with van der Waals surface area (Å²) >= 11 is 0. The van der Waals surface area contributed by atoms with Gasteiger partial charge in [0.05, 0.1) is 45.6 Å². The van der Waals surface area contributed by atoms with Crippen molar-refractivity contribution in [2.24, 2.45) is 20.0 Å². The summed E-state index contributed by atoms with van der Waals surface area (Å²) in [5.41, 5.74) is 15.4. The van der Waals surface area contributed by atoms with E-state index in [1.807, 2.05) is 153 Å². The zero-order valence-corrected chi connectivity index (χ0v) is 32.3. The van der Waals surface area contributed by atoms with Gasteiger partial charge < -0.3 is 21.3 Å². The molecule has 0 saturated heterocycles. The van der Waals surface area contributed by atoms with Gasteiger partial charge in [-0.15, -0.1) is 0 Å². The Bertz CT molecular complexity index is 2570. The molecule has 0 unspecified atom stereocenters. The maximum Gasteiger partial charge on any atom is 0.0638 e. The van der Waals surface area contributed by atoms with Gasteiger partial charge in [-0.05, 0) is 189 Å². The van der Waals surface area contributed by atoms with Gasteiger partial charge in [0.15, 0.2) is 0 Å². The van der Waals surface area contributed by atoms with Crippen molar-refractivity contribution in [3.05, 3.63) is 200 Å². The molecule has 282 valence electrons. The first-order valence-corrected chi connectivity index (χ1v) is 19.1. The van der Waals surface area contributed by atoms with E-state index in [9.17, 15) is 0 Å².